The fourth-order valence-electron chi connectivity index (χ4n) is 1.37. The van der Waals surface area contributed by atoms with Gasteiger partial charge in [0.25, 0.3) is 5.91 Å². The van der Waals surface area contributed by atoms with Crippen LogP contribution in [0, 0.1) is 11.3 Å². The first-order chi connectivity index (χ1) is 8.58. The van der Waals surface area contributed by atoms with Gasteiger partial charge in [-0.15, -0.1) is 0 Å². The fraction of sp³-hybridized carbons (Fsp3) is 0.308. The highest BCUT2D eigenvalue weighted by molar-refractivity contribution is 5.97. The average Bonchev–Trinajstić information content (AvgIpc) is 2.39. The molecule has 0 aliphatic heterocycles. The molecule has 0 aliphatic carbocycles. The summed E-state index contributed by atoms with van der Waals surface area (Å²) in [6.45, 7) is 3.95. The number of amides is 2. The van der Waals surface area contributed by atoms with Gasteiger partial charge in [0, 0.05) is 12.1 Å². The Balaban J connectivity index is 2.65. The van der Waals surface area contributed by atoms with Crippen molar-refractivity contribution in [2.45, 2.75) is 19.9 Å². The van der Waals surface area contributed by atoms with E-state index in [1.165, 1.54) is 0 Å². The largest absolute Gasteiger partial charge is 0.355 e. The van der Waals surface area contributed by atoms with Crippen molar-refractivity contribution in [3.05, 3.63) is 35.4 Å². The molecule has 1 rings (SSSR count). The first-order valence-corrected chi connectivity index (χ1v) is 5.67. The first-order valence-electron chi connectivity index (χ1n) is 5.67. The fourth-order valence-corrected chi connectivity index (χ4v) is 1.37. The number of carbonyl (C=O) groups excluding carboxylic acids is 2. The van der Waals surface area contributed by atoms with Crippen molar-refractivity contribution >= 4 is 11.8 Å². The summed E-state index contributed by atoms with van der Waals surface area (Å²) in [5, 5.41) is 13.8. The highest BCUT2D eigenvalue weighted by atomic mass is 16.2. The summed E-state index contributed by atoms with van der Waals surface area (Å²) in [5.41, 5.74) is 0.911. The van der Waals surface area contributed by atoms with Crippen molar-refractivity contribution in [3.8, 4) is 6.07 Å². The van der Waals surface area contributed by atoms with E-state index in [1.54, 1.807) is 31.2 Å². The lowest BCUT2D eigenvalue weighted by Crippen LogP contribution is -2.44. The Kier molecular flexibility index (Phi) is 4.88. The van der Waals surface area contributed by atoms with Crippen LogP contribution in [0.15, 0.2) is 24.3 Å². The number of hydrogen-bond donors (Lipinski definition) is 2. The van der Waals surface area contributed by atoms with Crippen LogP contribution in [0.4, 0.5) is 0 Å². The third kappa shape index (κ3) is 3.59. The average molecular weight is 245 g/mol. The molecule has 0 bridgehead atoms. The molecular weight excluding hydrogens is 230 g/mol. The smallest absolute Gasteiger partial charge is 0.251 e. The molecule has 0 aromatic heterocycles. The summed E-state index contributed by atoms with van der Waals surface area (Å²) in [7, 11) is 0. The molecule has 0 fully saturated rings. The van der Waals surface area contributed by atoms with Crippen LogP contribution in [0.2, 0.25) is 0 Å². The predicted octanol–water partition coefficient (Wildman–Crippen LogP) is 0.813. The van der Waals surface area contributed by atoms with Gasteiger partial charge in [0.1, 0.15) is 6.04 Å². The molecule has 0 saturated carbocycles. The predicted molar refractivity (Wildman–Crippen MR) is 66.8 cm³/mol. The molecule has 1 aromatic rings. The van der Waals surface area contributed by atoms with Gasteiger partial charge in [0.15, 0.2) is 0 Å². The maximum absolute atomic E-state index is 11.8. The lowest BCUT2D eigenvalue weighted by atomic mass is 10.1. The molecule has 0 aliphatic rings. The minimum atomic E-state index is -0.590. The SMILES string of the molecule is CCNC(=O)[C@H](C)NC(=O)c1ccc(C#N)cc1. The lowest BCUT2D eigenvalue weighted by molar-refractivity contribution is -0.122. The number of nitrogens with zero attached hydrogens (tertiary/aromatic N) is 1. The number of benzene rings is 1. The minimum Gasteiger partial charge on any atom is -0.355 e. The van der Waals surface area contributed by atoms with Gasteiger partial charge in [-0.25, -0.2) is 0 Å². The second-order valence-corrected chi connectivity index (χ2v) is 3.78. The second kappa shape index (κ2) is 6.40. The van der Waals surface area contributed by atoms with E-state index in [9.17, 15) is 9.59 Å². The van der Waals surface area contributed by atoms with E-state index < -0.39 is 6.04 Å². The number of rotatable bonds is 4. The van der Waals surface area contributed by atoms with Gasteiger partial charge in [0.05, 0.1) is 11.6 Å². The quantitative estimate of drug-likeness (QED) is 0.823. The van der Waals surface area contributed by atoms with Gasteiger partial charge in [-0.1, -0.05) is 0 Å². The summed E-state index contributed by atoms with van der Waals surface area (Å²) in [6.07, 6.45) is 0. The van der Waals surface area contributed by atoms with Crippen molar-refractivity contribution in [1.82, 2.24) is 10.6 Å². The highest BCUT2D eigenvalue weighted by Gasteiger charge is 2.15. The molecule has 1 atom stereocenters. The van der Waals surface area contributed by atoms with Gasteiger partial charge < -0.3 is 10.6 Å². The summed E-state index contributed by atoms with van der Waals surface area (Å²) in [5.74, 6) is -0.558. The summed E-state index contributed by atoms with van der Waals surface area (Å²) >= 11 is 0. The number of nitriles is 1. The van der Waals surface area contributed by atoms with Crippen LogP contribution in [-0.4, -0.2) is 24.4 Å². The van der Waals surface area contributed by atoms with Crippen LogP contribution < -0.4 is 10.6 Å². The standard InChI is InChI=1S/C13H15N3O2/c1-3-15-12(17)9(2)16-13(18)11-6-4-10(8-14)5-7-11/h4-7,9H,3H2,1-2H3,(H,15,17)(H,16,18)/t9-/m0/s1. The third-order valence-electron chi connectivity index (χ3n) is 2.37. The van der Waals surface area contributed by atoms with Gasteiger partial charge in [-0.2, -0.15) is 5.26 Å². The zero-order valence-corrected chi connectivity index (χ0v) is 10.4. The molecule has 94 valence electrons. The molecule has 5 nitrogen and oxygen atoms in total. The van der Waals surface area contributed by atoms with Crippen LogP contribution in [-0.2, 0) is 4.79 Å². The van der Waals surface area contributed by atoms with Crippen LogP contribution in [0.1, 0.15) is 29.8 Å². The molecule has 0 unspecified atom stereocenters. The van der Waals surface area contributed by atoms with E-state index in [2.05, 4.69) is 10.6 Å². The number of carbonyl (C=O) groups is 2. The van der Waals surface area contributed by atoms with Crippen LogP contribution in [0.5, 0.6) is 0 Å². The maximum Gasteiger partial charge on any atom is 0.251 e. The minimum absolute atomic E-state index is 0.223. The van der Waals surface area contributed by atoms with Gasteiger partial charge in [0.2, 0.25) is 5.91 Å². The molecule has 0 heterocycles. The van der Waals surface area contributed by atoms with E-state index in [4.69, 9.17) is 5.26 Å². The molecule has 18 heavy (non-hydrogen) atoms. The zero-order chi connectivity index (χ0) is 13.5. The second-order valence-electron chi connectivity index (χ2n) is 3.78. The number of nitrogens with one attached hydrogen (secondary N) is 2. The van der Waals surface area contributed by atoms with Crippen molar-refractivity contribution in [3.63, 3.8) is 0 Å². The highest BCUT2D eigenvalue weighted by Crippen LogP contribution is 2.03. The molecule has 2 N–H and O–H groups in total. The molecule has 0 radical (unpaired) electrons. The van der Waals surface area contributed by atoms with Crippen molar-refractivity contribution in [1.29, 1.82) is 5.26 Å². The molecular formula is C13H15N3O2. The summed E-state index contributed by atoms with van der Waals surface area (Å²) in [4.78, 5) is 23.2. The third-order valence-corrected chi connectivity index (χ3v) is 2.37. The van der Waals surface area contributed by atoms with Crippen LogP contribution in [0.3, 0.4) is 0 Å². The Morgan fingerprint density at radius 3 is 2.44 bits per heavy atom. The maximum atomic E-state index is 11.8. The molecule has 0 saturated heterocycles. The number of likely N-dealkylation sites (N-methyl/N-ethyl adjacent to an activating group) is 1. The molecule has 0 spiro atoms. The monoisotopic (exact) mass is 245 g/mol. The van der Waals surface area contributed by atoms with E-state index in [1.807, 2.05) is 13.0 Å². The topological polar surface area (TPSA) is 82.0 Å². The normalized spacial score (nSPS) is 11.2. The van der Waals surface area contributed by atoms with Gasteiger partial charge in [-0.05, 0) is 38.1 Å². The van der Waals surface area contributed by atoms with Gasteiger partial charge >= 0.3 is 0 Å². The Bertz CT molecular complexity index is 474. The summed E-state index contributed by atoms with van der Waals surface area (Å²) in [6, 6.07) is 7.61. The Morgan fingerprint density at radius 2 is 1.94 bits per heavy atom. The lowest BCUT2D eigenvalue weighted by Gasteiger charge is -2.13. The Morgan fingerprint density at radius 1 is 1.33 bits per heavy atom. The molecule has 5 heteroatoms. The summed E-state index contributed by atoms with van der Waals surface area (Å²) < 4.78 is 0. The van der Waals surface area contributed by atoms with E-state index in [0.29, 0.717) is 17.7 Å². The van der Waals surface area contributed by atoms with Crippen LogP contribution >= 0.6 is 0 Å². The Labute approximate surface area is 106 Å². The molecule has 2 amide bonds. The van der Waals surface area contributed by atoms with E-state index in [-0.39, 0.29) is 11.8 Å². The van der Waals surface area contributed by atoms with Crippen molar-refractivity contribution < 1.29 is 9.59 Å². The van der Waals surface area contributed by atoms with Gasteiger partial charge in [-0.3, -0.25) is 9.59 Å². The van der Waals surface area contributed by atoms with E-state index in [0.717, 1.165) is 0 Å². The van der Waals surface area contributed by atoms with Crippen molar-refractivity contribution in [2.24, 2.45) is 0 Å². The molecule has 1 aromatic carbocycles. The Hall–Kier alpha value is -2.35. The number of hydrogen-bond acceptors (Lipinski definition) is 3. The zero-order valence-electron chi connectivity index (χ0n) is 10.4. The first kappa shape index (κ1) is 13.7. The van der Waals surface area contributed by atoms with E-state index >= 15 is 0 Å². The van der Waals surface area contributed by atoms with Crippen LogP contribution in [0.25, 0.3) is 0 Å². The van der Waals surface area contributed by atoms with Crippen molar-refractivity contribution in [2.75, 3.05) is 6.54 Å².